The summed E-state index contributed by atoms with van der Waals surface area (Å²) in [5, 5.41) is 3.35. The normalized spacial score (nSPS) is 16.8. The Kier molecular flexibility index (Phi) is 5.69. The molecule has 22 heavy (non-hydrogen) atoms. The maximum Gasteiger partial charge on any atom is 0.170 e. The number of ketones is 1. The van der Waals surface area contributed by atoms with Crippen LogP contribution in [0.4, 0.5) is 4.39 Å². The minimum atomic E-state index is -0.325. The van der Waals surface area contributed by atoms with Crippen LogP contribution in [0.2, 0.25) is 0 Å². The van der Waals surface area contributed by atoms with Gasteiger partial charge in [0.2, 0.25) is 0 Å². The van der Waals surface area contributed by atoms with Crippen molar-refractivity contribution in [1.29, 1.82) is 0 Å². The van der Waals surface area contributed by atoms with Gasteiger partial charge in [-0.05, 0) is 37.1 Å². The van der Waals surface area contributed by atoms with E-state index >= 15 is 0 Å². The number of carbonyl (C=O) groups excluding carboxylic acids is 1. The van der Waals surface area contributed by atoms with Gasteiger partial charge in [0.05, 0.1) is 6.42 Å². The number of nitrogens with one attached hydrogen (secondary N) is 1. The zero-order valence-corrected chi connectivity index (χ0v) is 13.5. The van der Waals surface area contributed by atoms with Gasteiger partial charge in [0, 0.05) is 24.1 Å². The summed E-state index contributed by atoms with van der Waals surface area (Å²) < 4.78 is 12.9. The van der Waals surface area contributed by atoms with E-state index in [2.05, 4.69) is 24.2 Å². The molecule has 3 nitrogen and oxygen atoms in total. The fourth-order valence-corrected chi connectivity index (χ4v) is 3.19. The van der Waals surface area contributed by atoms with Crippen LogP contribution >= 0.6 is 0 Å². The fraction of sp³-hybridized carbons (Fsp3) is 0.556. The Bertz CT molecular complexity index is 531. The van der Waals surface area contributed by atoms with Crippen molar-refractivity contribution in [1.82, 2.24) is 5.32 Å². The summed E-state index contributed by atoms with van der Waals surface area (Å²) in [5.74, 6) is 0.412. The van der Waals surface area contributed by atoms with Crippen LogP contribution in [0.5, 0.6) is 0 Å². The first-order chi connectivity index (χ1) is 10.6. The molecular weight excluding hydrogens is 279 g/mol. The average Bonchev–Trinajstić information content (AvgIpc) is 2.51. The Morgan fingerprint density at radius 3 is 2.36 bits per heavy atom. The molecule has 0 atom stereocenters. The van der Waals surface area contributed by atoms with Crippen LogP contribution in [0.25, 0.3) is 0 Å². The van der Waals surface area contributed by atoms with Gasteiger partial charge in [0.25, 0.3) is 0 Å². The van der Waals surface area contributed by atoms with Crippen LogP contribution < -0.4 is 5.32 Å². The molecule has 1 heterocycles. The number of aliphatic imine (C=N–C) groups is 1. The minimum absolute atomic E-state index is 0.0234. The molecule has 1 N–H and O–H groups in total. The van der Waals surface area contributed by atoms with Gasteiger partial charge in [-0.1, -0.05) is 26.7 Å². The van der Waals surface area contributed by atoms with E-state index < -0.39 is 0 Å². The van der Waals surface area contributed by atoms with Gasteiger partial charge in [-0.25, -0.2) is 4.39 Å². The predicted octanol–water partition coefficient (Wildman–Crippen LogP) is 3.99. The predicted molar refractivity (Wildman–Crippen MR) is 87.9 cm³/mol. The number of hydrogen-bond acceptors (Lipinski definition) is 3. The number of rotatable bonds is 7. The number of benzene rings is 1. The molecule has 120 valence electrons. The summed E-state index contributed by atoms with van der Waals surface area (Å²) in [7, 11) is 0. The maximum atomic E-state index is 12.9. The van der Waals surface area contributed by atoms with Gasteiger partial charge in [-0.15, -0.1) is 0 Å². The number of carbonyl (C=O) groups is 1. The van der Waals surface area contributed by atoms with E-state index in [-0.39, 0.29) is 23.4 Å². The highest BCUT2D eigenvalue weighted by Gasteiger charge is 2.31. The first kappa shape index (κ1) is 16.7. The van der Waals surface area contributed by atoms with Gasteiger partial charge in [-0.3, -0.25) is 9.79 Å². The maximum absolute atomic E-state index is 12.9. The molecule has 0 amide bonds. The lowest BCUT2D eigenvalue weighted by Crippen LogP contribution is -2.45. The molecule has 1 aliphatic heterocycles. The van der Waals surface area contributed by atoms with E-state index in [0.717, 1.165) is 44.6 Å². The molecule has 0 saturated heterocycles. The molecule has 2 rings (SSSR count). The smallest absolute Gasteiger partial charge is 0.170 e. The Hall–Kier alpha value is -1.71. The number of Topliss-reactive ketones (excluding diaryl/α,β-unsaturated/α-hetero) is 1. The topological polar surface area (TPSA) is 41.5 Å². The van der Waals surface area contributed by atoms with E-state index in [1.807, 2.05) is 0 Å². The second kappa shape index (κ2) is 7.52. The van der Waals surface area contributed by atoms with E-state index in [4.69, 9.17) is 0 Å². The van der Waals surface area contributed by atoms with Crippen LogP contribution in [0.3, 0.4) is 0 Å². The number of hydrogen-bond donors (Lipinski definition) is 1. The summed E-state index contributed by atoms with van der Waals surface area (Å²) in [6, 6.07) is 5.69. The molecule has 0 unspecified atom stereocenters. The number of amidine groups is 1. The van der Waals surface area contributed by atoms with E-state index in [1.165, 1.54) is 24.3 Å². The third kappa shape index (κ3) is 4.15. The van der Waals surface area contributed by atoms with Crippen LogP contribution in [0.15, 0.2) is 29.3 Å². The largest absolute Gasteiger partial charge is 0.373 e. The third-order valence-electron chi connectivity index (χ3n) is 4.33. The van der Waals surface area contributed by atoms with Gasteiger partial charge in [0.1, 0.15) is 11.7 Å². The van der Waals surface area contributed by atoms with Gasteiger partial charge in [0.15, 0.2) is 5.78 Å². The van der Waals surface area contributed by atoms with Crippen molar-refractivity contribution in [3.63, 3.8) is 0 Å². The van der Waals surface area contributed by atoms with Crippen molar-refractivity contribution < 1.29 is 9.18 Å². The Labute approximate surface area is 132 Å². The molecule has 0 spiro atoms. The summed E-state index contributed by atoms with van der Waals surface area (Å²) in [6.45, 7) is 6.10. The first-order valence-electron chi connectivity index (χ1n) is 8.14. The van der Waals surface area contributed by atoms with Crippen molar-refractivity contribution in [2.75, 3.05) is 13.1 Å². The summed E-state index contributed by atoms with van der Waals surface area (Å²) in [5.41, 5.74) is 0.774. The van der Waals surface area contributed by atoms with Crippen LogP contribution in [0, 0.1) is 11.2 Å². The standard InChI is InChI=1S/C18H25FN2O/c1-3-9-18(10-4-2)12-20-17(21-13-18)11-16(22)14-5-7-15(19)8-6-14/h5-8H,3-4,9-13H2,1-2H3,(H,20,21). The lowest BCUT2D eigenvalue weighted by atomic mass is 9.78. The van der Waals surface area contributed by atoms with Crippen LogP contribution in [-0.2, 0) is 0 Å². The lowest BCUT2D eigenvalue weighted by molar-refractivity contribution is 0.0998. The fourth-order valence-electron chi connectivity index (χ4n) is 3.19. The molecule has 0 aliphatic carbocycles. The Morgan fingerprint density at radius 1 is 1.23 bits per heavy atom. The zero-order chi connectivity index (χ0) is 16.0. The average molecular weight is 304 g/mol. The quantitative estimate of drug-likeness (QED) is 0.774. The van der Waals surface area contributed by atoms with Crippen molar-refractivity contribution in [3.8, 4) is 0 Å². The van der Waals surface area contributed by atoms with Gasteiger partial charge < -0.3 is 5.32 Å². The SMILES string of the molecule is CCCC1(CCC)CN=C(CC(=O)c2ccc(F)cc2)NC1. The molecule has 0 radical (unpaired) electrons. The third-order valence-corrected chi connectivity index (χ3v) is 4.33. The molecule has 1 aromatic carbocycles. The zero-order valence-electron chi connectivity index (χ0n) is 13.5. The van der Waals surface area contributed by atoms with Gasteiger partial charge >= 0.3 is 0 Å². The molecule has 1 aromatic rings. The first-order valence-corrected chi connectivity index (χ1v) is 8.14. The van der Waals surface area contributed by atoms with Crippen LogP contribution in [-0.4, -0.2) is 24.7 Å². The highest BCUT2D eigenvalue weighted by molar-refractivity contribution is 6.09. The molecule has 1 aliphatic rings. The molecule has 0 bridgehead atoms. The summed E-state index contributed by atoms with van der Waals surface area (Å²) >= 11 is 0. The van der Waals surface area contributed by atoms with Crippen molar-refractivity contribution >= 4 is 11.6 Å². The second-order valence-electron chi connectivity index (χ2n) is 6.22. The molecular formula is C18H25FN2O. The molecule has 0 saturated carbocycles. The molecule has 4 heteroatoms. The van der Waals surface area contributed by atoms with Crippen molar-refractivity contribution in [2.45, 2.75) is 46.0 Å². The van der Waals surface area contributed by atoms with Gasteiger partial charge in [-0.2, -0.15) is 0 Å². The van der Waals surface area contributed by atoms with E-state index in [1.54, 1.807) is 0 Å². The highest BCUT2D eigenvalue weighted by atomic mass is 19.1. The number of nitrogens with zero attached hydrogens (tertiary/aromatic N) is 1. The lowest BCUT2D eigenvalue weighted by Gasteiger charge is -2.36. The molecule has 0 fully saturated rings. The van der Waals surface area contributed by atoms with E-state index in [9.17, 15) is 9.18 Å². The Morgan fingerprint density at radius 2 is 1.86 bits per heavy atom. The van der Waals surface area contributed by atoms with Crippen LogP contribution in [0.1, 0.15) is 56.3 Å². The van der Waals surface area contributed by atoms with Crippen molar-refractivity contribution in [2.24, 2.45) is 10.4 Å². The molecule has 0 aromatic heterocycles. The summed E-state index contributed by atoms with van der Waals surface area (Å²) in [6.07, 6.45) is 4.90. The van der Waals surface area contributed by atoms with E-state index in [0.29, 0.717) is 5.56 Å². The monoisotopic (exact) mass is 304 g/mol. The second-order valence-corrected chi connectivity index (χ2v) is 6.22. The number of halogens is 1. The summed E-state index contributed by atoms with van der Waals surface area (Å²) in [4.78, 5) is 16.8. The minimum Gasteiger partial charge on any atom is -0.373 e. The van der Waals surface area contributed by atoms with Crippen molar-refractivity contribution in [3.05, 3.63) is 35.6 Å². The highest BCUT2D eigenvalue weighted by Crippen LogP contribution is 2.31. The Balaban J connectivity index is 1.98.